The maximum absolute atomic E-state index is 11.3. The van der Waals surface area contributed by atoms with Gasteiger partial charge in [-0.05, 0) is 24.6 Å². The summed E-state index contributed by atoms with van der Waals surface area (Å²) in [4.78, 5) is 0. The van der Waals surface area contributed by atoms with Crippen LogP contribution in [0.15, 0.2) is 28.7 Å². The lowest BCUT2D eigenvalue weighted by Crippen LogP contribution is -2.30. The first-order valence-corrected chi connectivity index (χ1v) is 7.27. The molecule has 1 rings (SSSR count). The van der Waals surface area contributed by atoms with Crippen molar-refractivity contribution in [2.75, 3.05) is 6.26 Å². The Morgan fingerprint density at radius 3 is 2.13 bits per heavy atom. The van der Waals surface area contributed by atoms with Crippen molar-refractivity contribution in [1.82, 2.24) is 0 Å². The lowest BCUT2D eigenvalue weighted by Gasteiger charge is -2.18. The van der Waals surface area contributed by atoms with Gasteiger partial charge in [0.1, 0.15) is 0 Å². The second kappa shape index (κ2) is 4.63. The molecule has 0 spiro atoms. The fraction of sp³-hybridized carbons (Fsp3) is 0.400. The van der Waals surface area contributed by atoms with Crippen molar-refractivity contribution in [3.8, 4) is 0 Å². The highest BCUT2D eigenvalue weighted by atomic mass is 79.9. The van der Waals surface area contributed by atoms with Crippen LogP contribution in [0.3, 0.4) is 0 Å². The Balaban J connectivity index is 2.95. The van der Waals surface area contributed by atoms with Gasteiger partial charge >= 0.3 is 0 Å². The van der Waals surface area contributed by atoms with Crippen LogP contribution in [-0.2, 0) is 9.84 Å². The molecule has 0 radical (unpaired) electrons. The maximum Gasteiger partial charge on any atom is 0.151 e. The summed E-state index contributed by atoms with van der Waals surface area (Å²) in [5.41, 5.74) is 6.71. The van der Waals surface area contributed by atoms with Gasteiger partial charge in [-0.3, -0.25) is 0 Å². The molecule has 2 N–H and O–H groups in total. The van der Waals surface area contributed by atoms with Crippen LogP contribution in [0.25, 0.3) is 0 Å². The minimum absolute atomic E-state index is 0.479. The number of hydrogen-bond donors (Lipinski definition) is 1. The number of sulfone groups is 1. The monoisotopic (exact) mass is 291 g/mol. The van der Waals surface area contributed by atoms with Gasteiger partial charge in [0.05, 0.1) is 5.25 Å². The zero-order valence-electron chi connectivity index (χ0n) is 8.64. The molecule has 84 valence electrons. The molecule has 0 aliphatic rings. The highest BCUT2D eigenvalue weighted by Crippen LogP contribution is 2.21. The number of halogens is 1. The maximum atomic E-state index is 11.3. The van der Waals surface area contributed by atoms with E-state index in [2.05, 4.69) is 15.9 Å². The van der Waals surface area contributed by atoms with E-state index in [1.807, 2.05) is 24.3 Å². The molecular weight excluding hydrogens is 278 g/mol. The van der Waals surface area contributed by atoms with Crippen molar-refractivity contribution in [2.24, 2.45) is 5.73 Å². The average Bonchev–Trinajstić information content (AvgIpc) is 2.15. The number of rotatable bonds is 3. The first kappa shape index (κ1) is 12.7. The summed E-state index contributed by atoms with van der Waals surface area (Å²) < 4.78 is 23.6. The Morgan fingerprint density at radius 2 is 1.73 bits per heavy atom. The molecule has 0 aromatic heterocycles. The van der Waals surface area contributed by atoms with Crippen molar-refractivity contribution < 1.29 is 8.42 Å². The van der Waals surface area contributed by atoms with Gasteiger partial charge in [-0.2, -0.15) is 0 Å². The molecule has 0 bridgehead atoms. The standard InChI is InChI=1S/C10H14BrNO2S/c1-7(15(2,13)14)10(12)8-3-5-9(11)6-4-8/h3-7,10H,12H2,1-2H3/t7-,10+/m1/s1. The second-order valence-corrected chi connectivity index (χ2v) is 6.93. The van der Waals surface area contributed by atoms with Crippen molar-refractivity contribution in [1.29, 1.82) is 0 Å². The molecule has 0 heterocycles. The third-order valence-electron chi connectivity index (χ3n) is 2.44. The number of nitrogens with two attached hydrogens (primary N) is 1. The molecule has 15 heavy (non-hydrogen) atoms. The van der Waals surface area contributed by atoms with Gasteiger partial charge in [0.25, 0.3) is 0 Å². The van der Waals surface area contributed by atoms with E-state index in [0.717, 1.165) is 10.0 Å². The normalized spacial score (nSPS) is 16.0. The molecule has 5 heteroatoms. The molecular formula is C10H14BrNO2S. The van der Waals surface area contributed by atoms with Crippen LogP contribution in [0, 0.1) is 0 Å². The molecule has 1 aromatic carbocycles. The average molecular weight is 292 g/mol. The van der Waals surface area contributed by atoms with Crippen molar-refractivity contribution >= 4 is 25.8 Å². The van der Waals surface area contributed by atoms with E-state index in [1.165, 1.54) is 6.26 Å². The Hall–Kier alpha value is -0.390. The SMILES string of the molecule is C[C@H]([C@H](N)c1ccc(Br)cc1)S(C)(=O)=O. The van der Waals surface area contributed by atoms with Gasteiger partial charge < -0.3 is 5.73 Å². The first-order valence-electron chi connectivity index (χ1n) is 4.52. The van der Waals surface area contributed by atoms with Crippen LogP contribution in [-0.4, -0.2) is 19.9 Å². The first-order chi connectivity index (χ1) is 6.82. The molecule has 0 unspecified atom stereocenters. The molecule has 0 saturated heterocycles. The molecule has 0 amide bonds. The van der Waals surface area contributed by atoms with Gasteiger partial charge in [-0.1, -0.05) is 28.1 Å². The van der Waals surface area contributed by atoms with E-state index in [1.54, 1.807) is 6.92 Å². The summed E-state index contributed by atoms with van der Waals surface area (Å²) in [6, 6.07) is 6.88. The van der Waals surface area contributed by atoms with Gasteiger partial charge in [-0.25, -0.2) is 8.42 Å². The highest BCUT2D eigenvalue weighted by molar-refractivity contribution is 9.10. The Kier molecular flexibility index (Phi) is 3.92. The number of hydrogen-bond acceptors (Lipinski definition) is 3. The smallest absolute Gasteiger partial charge is 0.151 e. The molecule has 0 aliphatic heterocycles. The third-order valence-corrected chi connectivity index (χ3v) is 4.61. The fourth-order valence-electron chi connectivity index (χ4n) is 1.22. The molecule has 0 saturated carbocycles. The van der Waals surface area contributed by atoms with Gasteiger partial charge in [0, 0.05) is 16.8 Å². The van der Waals surface area contributed by atoms with Gasteiger partial charge in [0.15, 0.2) is 9.84 Å². The molecule has 2 atom stereocenters. The van der Waals surface area contributed by atoms with Crippen LogP contribution in [0.4, 0.5) is 0 Å². The van der Waals surface area contributed by atoms with Crippen LogP contribution in [0.5, 0.6) is 0 Å². The molecule has 0 fully saturated rings. The lowest BCUT2D eigenvalue weighted by molar-refractivity contribution is 0.571. The zero-order valence-corrected chi connectivity index (χ0v) is 11.0. The van der Waals surface area contributed by atoms with Crippen molar-refractivity contribution in [2.45, 2.75) is 18.2 Å². The van der Waals surface area contributed by atoms with E-state index in [9.17, 15) is 8.42 Å². The van der Waals surface area contributed by atoms with Crippen LogP contribution in [0.2, 0.25) is 0 Å². The highest BCUT2D eigenvalue weighted by Gasteiger charge is 2.23. The van der Waals surface area contributed by atoms with Gasteiger partial charge in [-0.15, -0.1) is 0 Å². The lowest BCUT2D eigenvalue weighted by atomic mass is 10.1. The topological polar surface area (TPSA) is 60.2 Å². The summed E-state index contributed by atoms with van der Waals surface area (Å²) in [7, 11) is -3.10. The van der Waals surface area contributed by atoms with Crippen molar-refractivity contribution in [3.63, 3.8) is 0 Å². The third kappa shape index (κ3) is 3.29. The summed E-state index contributed by atoms with van der Waals surface area (Å²) in [6.07, 6.45) is 1.20. The van der Waals surface area contributed by atoms with E-state index in [0.29, 0.717) is 0 Å². The summed E-state index contributed by atoms with van der Waals surface area (Å²) in [6.45, 7) is 1.63. The largest absolute Gasteiger partial charge is 0.323 e. The van der Waals surface area contributed by atoms with E-state index >= 15 is 0 Å². The fourth-order valence-corrected chi connectivity index (χ4v) is 2.18. The Labute approximate surface area is 98.7 Å². The van der Waals surface area contributed by atoms with Crippen LogP contribution >= 0.6 is 15.9 Å². The molecule has 1 aromatic rings. The van der Waals surface area contributed by atoms with E-state index in [-0.39, 0.29) is 0 Å². The van der Waals surface area contributed by atoms with Crippen LogP contribution < -0.4 is 5.73 Å². The summed E-state index contributed by atoms with van der Waals surface area (Å²) in [5, 5.41) is -0.571. The zero-order chi connectivity index (χ0) is 11.6. The van der Waals surface area contributed by atoms with Crippen molar-refractivity contribution in [3.05, 3.63) is 34.3 Å². The predicted octanol–water partition coefficient (Wildman–Crippen LogP) is 1.88. The Morgan fingerprint density at radius 1 is 1.27 bits per heavy atom. The van der Waals surface area contributed by atoms with E-state index < -0.39 is 21.1 Å². The minimum Gasteiger partial charge on any atom is -0.323 e. The van der Waals surface area contributed by atoms with Crippen LogP contribution in [0.1, 0.15) is 18.5 Å². The number of benzene rings is 1. The van der Waals surface area contributed by atoms with Gasteiger partial charge in [0.2, 0.25) is 0 Å². The molecule has 0 aliphatic carbocycles. The van der Waals surface area contributed by atoms with E-state index in [4.69, 9.17) is 5.73 Å². The minimum atomic E-state index is -3.10. The summed E-state index contributed by atoms with van der Waals surface area (Å²) in [5.74, 6) is 0. The second-order valence-electron chi connectivity index (χ2n) is 3.61. The quantitative estimate of drug-likeness (QED) is 0.925. The Bertz CT molecular complexity index is 427. The summed E-state index contributed by atoms with van der Waals surface area (Å²) >= 11 is 3.31. The predicted molar refractivity (Wildman–Crippen MR) is 65.4 cm³/mol. The molecule has 3 nitrogen and oxygen atoms in total.